The molecule has 84 heavy (non-hydrogen) atoms. The molecule has 4 aromatic carbocycles. The first-order valence-corrected chi connectivity index (χ1v) is 26.7. The summed E-state index contributed by atoms with van der Waals surface area (Å²) >= 11 is 0. The molecule has 0 aliphatic carbocycles. The molecule has 0 spiro atoms. The average Bonchev–Trinajstić information content (AvgIpc) is 3.81. The van der Waals surface area contributed by atoms with Crippen molar-refractivity contribution < 1.29 is 35.9 Å². The number of hydrogen-bond donors (Lipinski definition) is 7. The van der Waals surface area contributed by atoms with Crippen LogP contribution in [0.4, 0.5) is 89.9 Å². The Morgan fingerprint density at radius 1 is 0.571 bits per heavy atom. The Bertz CT molecular complexity index is 3900. The van der Waals surface area contributed by atoms with Crippen molar-refractivity contribution in [3.05, 3.63) is 155 Å². The summed E-state index contributed by atoms with van der Waals surface area (Å²) in [6.07, 6.45) is -1.59. The van der Waals surface area contributed by atoms with Crippen LogP contribution >= 0.6 is 0 Å². The van der Waals surface area contributed by atoms with E-state index < -0.39 is 35.3 Å². The predicted octanol–water partition coefficient (Wildman–Crippen LogP) is 9.60. The maximum atomic E-state index is 13.7. The Morgan fingerprint density at radius 2 is 1.14 bits per heavy atom. The lowest BCUT2D eigenvalue weighted by molar-refractivity contribution is -0.138. The van der Waals surface area contributed by atoms with Crippen LogP contribution in [0, 0.1) is 6.92 Å². The molecule has 430 valence electrons. The molecule has 0 atom stereocenters. The van der Waals surface area contributed by atoms with Crippen molar-refractivity contribution in [2.24, 2.45) is 0 Å². The van der Waals surface area contributed by atoms with Gasteiger partial charge >= 0.3 is 12.4 Å². The summed E-state index contributed by atoms with van der Waals surface area (Å²) in [5, 5.41) is 19.0. The summed E-state index contributed by atoms with van der Waals surface area (Å²) in [7, 11) is 0. The molecule has 8 N–H and O–H groups in total. The number of nitrogens with one attached hydrogen (secondary N) is 6. The number of anilines is 11. The van der Waals surface area contributed by atoms with Crippen molar-refractivity contribution in [3.8, 4) is 0 Å². The van der Waals surface area contributed by atoms with Crippen LogP contribution in [-0.2, 0) is 18.9 Å². The largest absolute Gasteiger partial charge is 0.416 e. The Kier molecular flexibility index (Phi) is 15.8. The molecule has 7 heterocycles. The number of rotatable bonds is 14. The van der Waals surface area contributed by atoms with Gasteiger partial charge in [-0.2, -0.15) is 36.3 Å². The number of carbonyl (C=O) groups excluding carboxylic acids is 2. The van der Waals surface area contributed by atoms with Gasteiger partial charge in [-0.1, -0.05) is 24.3 Å². The summed E-state index contributed by atoms with van der Waals surface area (Å²) < 4.78 is 81.9. The zero-order valence-electron chi connectivity index (χ0n) is 44.9. The van der Waals surface area contributed by atoms with Crippen molar-refractivity contribution in [3.63, 3.8) is 0 Å². The second-order valence-electron chi connectivity index (χ2n) is 19.8. The molecule has 0 bridgehead atoms. The Hall–Kier alpha value is -10.1. The molecule has 0 radical (unpaired) electrons. The minimum atomic E-state index is -4.68. The molecule has 9 aromatic rings. The minimum absolute atomic E-state index is 0.0389. The van der Waals surface area contributed by atoms with Gasteiger partial charge in [-0.15, -0.1) is 0 Å². The van der Waals surface area contributed by atoms with Gasteiger partial charge in [-0.05, 0) is 110 Å². The standard InChI is InChI=1S/C57H53F6N19O2/c1-33-10-12-39(72-52(83)34-6-2-8-37(26-34)56(58,59)60)28-42(33)74-51-47-45(69-32-71-51)49(79-55(77-47)82-22-5-21-80(24-25-82)41-14-17-66-18-15-41)67-30-36-11-13-40(73-53(84)35-7-3-9-38(27-35)57(61,62)63)29-43(36)75-50-46-44(68-31-70-50)48(64)78-54(76-46)81-20-4-16-65-19-23-81/h2-3,6-15,17-18,26-29,31-32,65H,4-5,16,19-25,30H2,1H3,(H,72,83)(H,73,84)(H2,64,76,78)(H,67,77,79)(H,68,70,75)(H,69,71,74). The molecule has 11 rings (SSSR count). The van der Waals surface area contributed by atoms with Gasteiger partial charge in [0, 0.05) is 104 Å². The number of pyridine rings is 1. The highest BCUT2D eigenvalue weighted by atomic mass is 19.4. The van der Waals surface area contributed by atoms with Gasteiger partial charge in [-0.3, -0.25) is 14.6 Å². The monoisotopic (exact) mass is 1150 g/mol. The van der Waals surface area contributed by atoms with E-state index in [9.17, 15) is 35.9 Å². The Labute approximate surface area is 475 Å². The van der Waals surface area contributed by atoms with Gasteiger partial charge < -0.3 is 52.3 Å². The number of hydrogen-bond acceptors (Lipinski definition) is 19. The number of carbonyl (C=O) groups is 2. The first kappa shape index (κ1) is 55.8. The van der Waals surface area contributed by atoms with Crippen LogP contribution in [0.25, 0.3) is 22.1 Å². The molecule has 2 aliphatic heterocycles. The summed E-state index contributed by atoms with van der Waals surface area (Å²) in [5.41, 5.74) is 9.13. The highest BCUT2D eigenvalue weighted by Gasteiger charge is 2.32. The summed E-state index contributed by atoms with van der Waals surface area (Å²) in [6.45, 7) is 7.16. The average molecular weight is 1150 g/mol. The Balaban J connectivity index is 0.954. The van der Waals surface area contributed by atoms with Gasteiger partial charge in [-0.25, -0.2) is 29.9 Å². The van der Waals surface area contributed by atoms with E-state index in [0.29, 0.717) is 90.5 Å². The number of amides is 2. The number of halogens is 6. The minimum Gasteiger partial charge on any atom is -0.382 e. The normalized spacial score (nSPS) is 14.2. The van der Waals surface area contributed by atoms with Crippen LogP contribution in [-0.4, -0.2) is 109 Å². The van der Waals surface area contributed by atoms with Gasteiger partial charge in [0.1, 0.15) is 34.7 Å². The second-order valence-corrected chi connectivity index (χ2v) is 19.8. The molecule has 2 fully saturated rings. The van der Waals surface area contributed by atoms with E-state index >= 15 is 0 Å². The van der Waals surface area contributed by atoms with E-state index in [2.05, 4.69) is 71.6 Å². The number of aromatic nitrogens is 9. The van der Waals surface area contributed by atoms with Gasteiger partial charge in [0.2, 0.25) is 11.9 Å². The zero-order chi connectivity index (χ0) is 58.5. The van der Waals surface area contributed by atoms with E-state index in [1.54, 1.807) is 48.8 Å². The van der Waals surface area contributed by atoms with Crippen LogP contribution in [0.3, 0.4) is 0 Å². The SMILES string of the molecule is Cc1ccc(NC(=O)c2cccc(C(F)(F)F)c2)cc1Nc1ncnc2c(NCc3ccc(NC(=O)c4cccc(C(F)(F)F)c4)cc3Nc3ncnc4c(N)nc(N5CCCNCC5)nc34)nc(N3CCCN(c4ccncc4)CC3)nc12. The van der Waals surface area contributed by atoms with Crippen LogP contribution in [0.5, 0.6) is 0 Å². The smallest absolute Gasteiger partial charge is 0.382 e. The van der Waals surface area contributed by atoms with E-state index in [4.69, 9.17) is 20.7 Å². The molecule has 27 heteroatoms. The summed E-state index contributed by atoms with van der Waals surface area (Å²) in [6, 6.07) is 22.1. The number of fused-ring (bicyclic) bond motifs is 2. The highest BCUT2D eigenvalue weighted by Crippen LogP contribution is 2.36. The van der Waals surface area contributed by atoms with Crippen molar-refractivity contribution >= 4 is 97.5 Å². The lowest BCUT2D eigenvalue weighted by Gasteiger charge is -2.24. The van der Waals surface area contributed by atoms with Crippen LogP contribution < -0.4 is 52.3 Å². The third-order valence-electron chi connectivity index (χ3n) is 14.1. The third-order valence-corrected chi connectivity index (χ3v) is 14.1. The molecule has 0 saturated carbocycles. The Morgan fingerprint density at radius 3 is 1.82 bits per heavy atom. The maximum Gasteiger partial charge on any atom is 0.416 e. The molecular weight excluding hydrogens is 1100 g/mol. The van der Waals surface area contributed by atoms with E-state index in [1.165, 1.54) is 30.9 Å². The van der Waals surface area contributed by atoms with Gasteiger partial charge in [0.05, 0.1) is 11.1 Å². The molecule has 0 unspecified atom stereocenters. The summed E-state index contributed by atoms with van der Waals surface area (Å²) in [5.74, 6) is 0.125. The van der Waals surface area contributed by atoms with Crippen LogP contribution in [0.1, 0.15) is 55.8 Å². The fraction of sp³-hybridized carbons (Fsp3) is 0.246. The maximum absolute atomic E-state index is 13.7. The quantitative estimate of drug-likeness (QED) is 0.0500. The first-order chi connectivity index (χ1) is 40.5. The number of nitrogens with zero attached hydrogens (tertiary/aromatic N) is 12. The van der Waals surface area contributed by atoms with Crippen LogP contribution in [0.2, 0.25) is 0 Å². The van der Waals surface area contributed by atoms with Gasteiger partial charge in [0.15, 0.2) is 23.3 Å². The van der Waals surface area contributed by atoms with Gasteiger partial charge in [0.25, 0.3) is 11.8 Å². The number of nitrogens with two attached hydrogens (primary N) is 1. The third kappa shape index (κ3) is 12.7. The van der Waals surface area contributed by atoms with Crippen molar-refractivity contribution in [1.82, 2.24) is 50.2 Å². The molecule has 5 aromatic heterocycles. The molecule has 2 aliphatic rings. The first-order valence-electron chi connectivity index (χ1n) is 26.7. The lowest BCUT2D eigenvalue weighted by atomic mass is 10.1. The summed E-state index contributed by atoms with van der Waals surface area (Å²) in [4.78, 5) is 75.5. The molecule has 21 nitrogen and oxygen atoms in total. The van der Waals surface area contributed by atoms with E-state index in [1.807, 2.05) is 24.0 Å². The number of nitrogen functional groups attached to an aromatic ring is 1. The van der Waals surface area contributed by atoms with Crippen molar-refractivity contribution in [2.45, 2.75) is 38.7 Å². The fourth-order valence-electron chi connectivity index (χ4n) is 9.73. The molecule has 2 amide bonds. The zero-order valence-corrected chi connectivity index (χ0v) is 44.9. The molecule has 2 saturated heterocycles. The lowest BCUT2D eigenvalue weighted by Crippen LogP contribution is -2.32. The van der Waals surface area contributed by atoms with E-state index in [-0.39, 0.29) is 52.0 Å². The van der Waals surface area contributed by atoms with Crippen molar-refractivity contribution in [1.29, 1.82) is 0 Å². The van der Waals surface area contributed by atoms with E-state index in [0.717, 1.165) is 67.5 Å². The number of aryl methyl sites for hydroxylation is 1. The predicted molar refractivity (Wildman–Crippen MR) is 308 cm³/mol. The molecular formula is C57H53F6N19O2. The van der Waals surface area contributed by atoms with Crippen molar-refractivity contribution in [2.75, 3.05) is 99.4 Å². The highest BCUT2D eigenvalue weighted by molar-refractivity contribution is 6.06. The second kappa shape index (κ2) is 23.8. The number of benzene rings is 4. The number of alkyl halides is 6. The fourth-order valence-corrected chi connectivity index (χ4v) is 9.73. The van der Waals surface area contributed by atoms with Crippen LogP contribution in [0.15, 0.2) is 122 Å². The topological polar surface area (TPSA) is 258 Å².